The highest BCUT2D eigenvalue weighted by atomic mass is 14.0. The average Bonchev–Trinajstić information content (AvgIpc) is 2.46. The van der Waals surface area contributed by atoms with Gasteiger partial charge in [-0.25, -0.2) is 0 Å². The Morgan fingerprint density at radius 3 is 0.393 bits per heavy atom. The topological polar surface area (TPSA) is 0 Å². The van der Waals surface area contributed by atoms with Crippen molar-refractivity contribution in [2.24, 2.45) is 0 Å². The van der Waals surface area contributed by atoms with Gasteiger partial charge in [-0.3, -0.25) is 0 Å². The molecule has 0 aromatic rings. The van der Waals surface area contributed by atoms with Crippen LogP contribution in [0.15, 0.2) is 0 Å². The maximum absolute atomic E-state index is 2.21. The highest BCUT2D eigenvalue weighted by Gasteiger charge is 1.96. The Morgan fingerprint density at radius 1 is 0.286 bits per heavy atom. The Bertz CT molecular complexity index is 121. The monoisotopic (exact) mass is 401 g/mol. The molecule has 0 aromatic carbocycles. The second kappa shape index (κ2) is 41.4. The summed E-state index contributed by atoms with van der Waals surface area (Å²) in [4.78, 5) is 0. The molecule has 0 aliphatic heterocycles. The lowest BCUT2D eigenvalue weighted by atomic mass is 10.0. The van der Waals surface area contributed by atoms with Crippen LogP contribution in [-0.4, -0.2) is 0 Å². The number of hydrogen-bond acceptors (Lipinski definition) is 0. The smallest absolute Gasteiger partial charge is 0.0533 e. The lowest BCUT2D eigenvalue weighted by Gasteiger charge is -2.05. The molecule has 0 atom stereocenters. The lowest BCUT2D eigenvalue weighted by molar-refractivity contribution is 0.504. The summed E-state index contributed by atoms with van der Waals surface area (Å²) in [5.41, 5.74) is 0. The summed E-state index contributed by atoms with van der Waals surface area (Å²) in [7, 11) is 0. The second-order valence-corrected chi connectivity index (χ2v) is 8.30. The minimum atomic E-state index is 0. The van der Waals surface area contributed by atoms with E-state index in [9.17, 15) is 0 Å². The Morgan fingerprint density at radius 2 is 0.393 bits per heavy atom. The van der Waals surface area contributed by atoms with Gasteiger partial charge in [0.1, 0.15) is 0 Å². The van der Waals surface area contributed by atoms with E-state index >= 15 is 0 Å². The minimum absolute atomic E-state index is 0. The zero-order valence-electron chi connectivity index (χ0n) is 20.8. The highest BCUT2D eigenvalue weighted by Crippen LogP contribution is 2.15. The Hall–Kier alpha value is 0. The van der Waals surface area contributed by atoms with Crippen LogP contribution in [0.4, 0.5) is 0 Å². The lowest BCUT2D eigenvalue weighted by Crippen LogP contribution is -1.85. The molecule has 0 aromatic heterocycles. The predicted molar refractivity (Wildman–Crippen MR) is 138 cm³/mol. The first kappa shape index (κ1) is 35.4. The van der Waals surface area contributed by atoms with E-state index in [-0.39, 0.29) is 7.43 Å². The molecule has 3 fully saturated rings. The van der Waals surface area contributed by atoms with Gasteiger partial charge in [-0.1, -0.05) is 184 Å². The largest absolute Gasteiger partial charge is 0.0776 e. The molecule has 0 heteroatoms. The van der Waals surface area contributed by atoms with E-state index in [1.54, 1.807) is 0 Å². The van der Waals surface area contributed by atoms with Crippen molar-refractivity contribution in [3.8, 4) is 0 Å². The fourth-order valence-corrected chi connectivity index (χ4v) is 1.81. The Labute approximate surface area is 184 Å². The van der Waals surface area contributed by atoms with Crippen LogP contribution in [0, 0.1) is 0 Å². The van der Waals surface area contributed by atoms with E-state index < -0.39 is 0 Å². The highest BCUT2D eigenvalue weighted by molar-refractivity contribution is 4.51. The predicted octanol–water partition coefficient (Wildman–Crippen LogP) is 11.9. The summed E-state index contributed by atoms with van der Waals surface area (Å²) in [5.74, 6) is 0. The zero-order valence-corrected chi connectivity index (χ0v) is 20.8. The molecule has 3 rings (SSSR count). The van der Waals surface area contributed by atoms with Gasteiger partial charge in [0.25, 0.3) is 0 Å². The normalized spacial score (nSPS) is 14.8. The molecule has 0 heterocycles. The molecule has 0 nitrogen and oxygen atoms in total. The van der Waals surface area contributed by atoms with Gasteiger partial charge >= 0.3 is 0 Å². The second-order valence-electron chi connectivity index (χ2n) is 8.30. The van der Waals surface area contributed by atoms with Crippen molar-refractivity contribution < 1.29 is 0 Å². The van der Waals surface area contributed by atoms with Gasteiger partial charge in [0.15, 0.2) is 0 Å². The van der Waals surface area contributed by atoms with Crippen LogP contribution in [0.5, 0.6) is 0 Å². The van der Waals surface area contributed by atoms with E-state index in [4.69, 9.17) is 0 Å². The summed E-state index contributed by atoms with van der Waals surface area (Å²) < 4.78 is 0. The maximum atomic E-state index is 2.21. The number of unbranched alkanes of at least 4 members (excludes halogenated alkanes) is 6. The fourth-order valence-electron chi connectivity index (χ4n) is 1.81. The summed E-state index contributed by atoms with van der Waals surface area (Å²) >= 11 is 0. The van der Waals surface area contributed by atoms with Crippen molar-refractivity contribution in [1.29, 1.82) is 0 Å². The van der Waals surface area contributed by atoms with Crippen molar-refractivity contribution >= 4 is 0 Å². The van der Waals surface area contributed by atoms with E-state index in [0.29, 0.717) is 0 Å². The van der Waals surface area contributed by atoms with Crippen molar-refractivity contribution in [1.82, 2.24) is 0 Å². The van der Waals surface area contributed by atoms with Crippen LogP contribution >= 0.6 is 0 Å². The van der Waals surface area contributed by atoms with E-state index in [0.717, 1.165) is 0 Å². The van der Waals surface area contributed by atoms with Crippen LogP contribution in [0.1, 0.15) is 184 Å². The van der Waals surface area contributed by atoms with E-state index in [1.807, 2.05) is 0 Å². The molecular weight excluding hydrogens is 336 g/mol. The zero-order chi connectivity index (χ0) is 20.8. The van der Waals surface area contributed by atoms with Crippen molar-refractivity contribution in [2.75, 3.05) is 0 Å². The first-order valence-corrected chi connectivity index (χ1v) is 13.2. The third kappa shape index (κ3) is 50.2. The quantitative estimate of drug-likeness (QED) is 0.415. The van der Waals surface area contributed by atoms with Gasteiger partial charge in [0.05, 0.1) is 0 Å². The molecule has 176 valence electrons. The molecule has 3 saturated carbocycles. The molecule has 3 aliphatic carbocycles. The molecule has 3 aliphatic rings. The molecule has 0 radical (unpaired) electrons. The molecule has 28 heavy (non-hydrogen) atoms. The third-order valence-electron chi connectivity index (χ3n) is 5.12. The third-order valence-corrected chi connectivity index (χ3v) is 5.12. The van der Waals surface area contributed by atoms with Crippen LogP contribution in [0.3, 0.4) is 0 Å². The van der Waals surface area contributed by atoms with Crippen LogP contribution in [-0.2, 0) is 0 Å². The standard InChI is InChI=1S/3C5H12.3C4H8.CH4/c3*1-3-5-4-2;3*1-2-4-3-1;/h3*3-5H2,1-2H3;3*1-4H2;1H4. The molecule has 0 amide bonds. The summed E-state index contributed by atoms with van der Waals surface area (Å²) in [5, 5.41) is 0. The summed E-state index contributed by atoms with van der Waals surface area (Å²) in [6.07, 6.45) is 30.2. The van der Waals surface area contributed by atoms with Crippen LogP contribution < -0.4 is 0 Å². The first-order chi connectivity index (χ1) is 13.2. The molecule has 0 saturated heterocycles. The summed E-state index contributed by atoms with van der Waals surface area (Å²) in [6.45, 7) is 13.3. The molecule has 0 bridgehead atoms. The SMILES string of the molecule is C.C1CCC1.C1CCC1.C1CCC1.CCCCC.CCCCC.CCCCC. The number of rotatable bonds is 6. The van der Waals surface area contributed by atoms with Gasteiger partial charge in [-0.2, -0.15) is 0 Å². The molecule has 0 unspecified atom stereocenters. The minimum Gasteiger partial charge on any atom is -0.0776 e. The number of hydrogen-bond donors (Lipinski definition) is 0. The Balaban J connectivity index is -0.000000123. The molecular formula is C28H64. The van der Waals surface area contributed by atoms with Crippen molar-refractivity contribution in [3.05, 3.63) is 0 Å². The van der Waals surface area contributed by atoms with Gasteiger partial charge in [-0.15, -0.1) is 0 Å². The van der Waals surface area contributed by atoms with E-state index in [2.05, 4.69) is 41.5 Å². The van der Waals surface area contributed by atoms with E-state index in [1.165, 1.54) is 135 Å². The van der Waals surface area contributed by atoms with Gasteiger partial charge < -0.3 is 0 Å². The van der Waals surface area contributed by atoms with Gasteiger partial charge in [0.2, 0.25) is 0 Å². The van der Waals surface area contributed by atoms with Crippen LogP contribution in [0.2, 0.25) is 0 Å². The maximum Gasteiger partial charge on any atom is -0.0533 e. The fraction of sp³-hybridized carbons (Fsp3) is 1.00. The Kier molecular flexibility index (Phi) is 52.4. The van der Waals surface area contributed by atoms with Crippen molar-refractivity contribution in [2.45, 2.75) is 184 Å². The first-order valence-electron chi connectivity index (χ1n) is 13.2. The average molecular weight is 401 g/mol. The molecule has 0 N–H and O–H groups in total. The van der Waals surface area contributed by atoms with Crippen molar-refractivity contribution in [3.63, 3.8) is 0 Å². The molecule has 0 spiro atoms. The summed E-state index contributed by atoms with van der Waals surface area (Å²) in [6, 6.07) is 0. The van der Waals surface area contributed by atoms with Gasteiger partial charge in [-0.05, 0) is 0 Å². The van der Waals surface area contributed by atoms with Gasteiger partial charge in [0, 0.05) is 0 Å². The van der Waals surface area contributed by atoms with Crippen LogP contribution in [0.25, 0.3) is 0 Å².